The summed E-state index contributed by atoms with van der Waals surface area (Å²) in [5, 5.41) is 13.2. The lowest BCUT2D eigenvalue weighted by Crippen LogP contribution is -2.33. The van der Waals surface area contributed by atoms with Crippen LogP contribution in [0.1, 0.15) is 38.5 Å². The number of carboxylic acid groups (broad SMARTS) is 1. The Morgan fingerprint density at radius 3 is 2.40 bits per heavy atom. The molecule has 0 aromatic carbocycles. The Balaban J connectivity index is 1.67. The SMILES string of the molecule is O=C(O)[C@@H]1[C@H](C(=O)ON=C2CCCCC2)[C@@H]2C=C[C@H]1C2. The minimum atomic E-state index is -0.908. The first-order valence-electron chi connectivity index (χ1n) is 7.34. The van der Waals surface area contributed by atoms with E-state index in [1.165, 1.54) is 6.42 Å². The van der Waals surface area contributed by atoms with Crippen molar-refractivity contribution in [2.24, 2.45) is 28.8 Å². The summed E-state index contributed by atoms with van der Waals surface area (Å²) in [4.78, 5) is 28.6. The quantitative estimate of drug-likeness (QED) is 0.488. The van der Waals surface area contributed by atoms with Crippen LogP contribution in [0.3, 0.4) is 0 Å². The third-order valence-corrected chi connectivity index (χ3v) is 4.71. The Bertz CT molecular complexity index is 474. The molecule has 0 spiro atoms. The first-order chi connectivity index (χ1) is 9.66. The zero-order valence-electron chi connectivity index (χ0n) is 11.3. The van der Waals surface area contributed by atoms with Crippen molar-refractivity contribution in [3.8, 4) is 0 Å². The fourth-order valence-corrected chi connectivity index (χ4v) is 3.70. The lowest BCUT2D eigenvalue weighted by molar-refractivity contribution is -0.158. The van der Waals surface area contributed by atoms with Crippen LogP contribution >= 0.6 is 0 Å². The van der Waals surface area contributed by atoms with Gasteiger partial charge in [0.15, 0.2) is 0 Å². The second kappa shape index (κ2) is 5.38. The summed E-state index contributed by atoms with van der Waals surface area (Å²) in [6, 6.07) is 0. The van der Waals surface area contributed by atoms with Gasteiger partial charge in [-0.1, -0.05) is 23.7 Å². The molecule has 0 heterocycles. The number of allylic oxidation sites excluding steroid dienone is 2. The van der Waals surface area contributed by atoms with E-state index in [-0.39, 0.29) is 11.8 Å². The maximum absolute atomic E-state index is 12.2. The summed E-state index contributed by atoms with van der Waals surface area (Å²) < 4.78 is 0. The van der Waals surface area contributed by atoms with E-state index in [1.807, 2.05) is 12.2 Å². The largest absolute Gasteiger partial charge is 0.481 e. The molecule has 0 amide bonds. The van der Waals surface area contributed by atoms with Gasteiger partial charge < -0.3 is 9.94 Å². The number of nitrogens with zero attached hydrogens (tertiary/aromatic N) is 1. The van der Waals surface area contributed by atoms with Gasteiger partial charge in [-0.15, -0.1) is 0 Å². The number of aliphatic carboxylic acids is 1. The van der Waals surface area contributed by atoms with Crippen LogP contribution < -0.4 is 0 Å². The summed E-state index contributed by atoms with van der Waals surface area (Å²) in [6.45, 7) is 0. The Kier molecular flexibility index (Phi) is 3.59. The van der Waals surface area contributed by atoms with E-state index >= 15 is 0 Å². The molecule has 1 N–H and O–H groups in total. The molecule has 2 saturated carbocycles. The maximum Gasteiger partial charge on any atom is 0.339 e. The fraction of sp³-hybridized carbons (Fsp3) is 0.667. The van der Waals surface area contributed by atoms with Crippen LogP contribution in [0, 0.1) is 23.7 Å². The van der Waals surface area contributed by atoms with Gasteiger partial charge in [0.1, 0.15) is 0 Å². The molecule has 2 fully saturated rings. The number of oxime groups is 1. The molecule has 0 saturated heterocycles. The highest BCUT2D eigenvalue weighted by atomic mass is 16.7. The summed E-state index contributed by atoms with van der Waals surface area (Å²) in [5.74, 6) is -2.64. The molecule has 5 heteroatoms. The van der Waals surface area contributed by atoms with Crippen molar-refractivity contribution in [1.82, 2.24) is 0 Å². The van der Waals surface area contributed by atoms with E-state index in [0.29, 0.717) is 0 Å². The number of hydrogen-bond donors (Lipinski definition) is 1. The summed E-state index contributed by atoms with van der Waals surface area (Å²) in [7, 11) is 0. The van der Waals surface area contributed by atoms with Crippen LogP contribution in [-0.2, 0) is 14.4 Å². The molecule has 5 nitrogen and oxygen atoms in total. The fourth-order valence-electron chi connectivity index (χ4n) is 3.70. The van der Waals surface area contributed by atoms with E-state index in [9.17, 15) is 14.7 Å². The third kappa shape index (κ3) is 2.37. The predicted molar refractivity (Wildman–Crippen MR) is 72.0 cm³/mol. The van der Waals surface area contributed by atoms with Gasteiger partial charge in [-0.2, -0.15) is 0 Å². The van der Waals surface area contributed by atoms with Gasteiger partial charge in [0.25, 0.3) is 0 Å². The molecular weight excluding hydrogens is 258 g/mol. The summed E-state index contributed by atoms with van der Waals surface area (Å²) in [6.07, 6.45) is 9.75. The van der Waals surface area contributed by atoms with Crippen molar-refractivity contribution >= 4 is 17.7 Å². The van der Waals surface area contributed by atoms with Gasteiger partial charge in [-0.25, -0.2) is 4.79 Å². The zero-order chi connectivity index (χ0) is 14.1. The van der Waals surface area contributed by atoms with E-state index in [2.05, 4.69) is 5.16 Å². The van der Waals surface area contributed by atoms with Crippen LogP contribution in [0.2, 0.25) is 0 Å². The topological polar surface area (TPSA) is 76.0 Å². The van der Waals surface area contributed by atoms with Crippen molar-refractivity contribution in [2.75, 3.05) is 0 Å². The molecule has 2 bridgehead atoms. The number of rotatable bonds is 3. The van der Waals surface area contributed by atoms with E-state index in [4.69, 9.17) is 4.84 Å². The molecule has 0 aromatic heterocycles. The maximum atomic E-state index is 12.2. The smallest absolute Gasteiger partial charge is 0.339 e. The van der Waals surface area contributed by atoms with E-state index in [0.717, 1.165) is 37.8 Å². The summed E-state index contributed by atoms with van der Waals surface area (Å²) in [5.41, 5.74) is 0.926. The van der Waals surface area contributed by atoms with Gasteiger partial charge in [-0.05, 0) is 43.9 Å². The average Bonchev–Trinajstić information content (AvgIpc) is 3.06. The number of carboxylic acids is 1. The molecule has 0 aromatic rings. The van der Waals surface area contributed by atoms with Crippen LogP contribution in [0.25, 0.3) is 0 Å². The number of carbonyl (C=O) groups is 2. The van der Waals surface area contributed by atoms with E-state index < -0.39 is 23.8 Å². The molecule has 0 radical (unpaired) electrons. The number of carbonyl (C=O) groups excluding carboxylic acids is 1. The van der Waals surface area contributed by atoms with Gasteiger partial charge in [0, 0.05) is 0 Å². The predicted octanol–water partition coefficient (Wildman–Crippen LogP) is 2.37. The highest BCUT2D eigenvalue weighted by molar-refractivity contribution is 5.87. The van der Waals surface area contributed by atoms with Crippen LogP contribution in [0.15, 0.2) is 17.3 Å². The normalized spacial score (nSPS) is 35.1. The Morgan fingerprint density at radius 2 is 1.75 bits per heavy atom. The molecule has 4 atom stereocenters. The van der Waals surface area contributed by atoms with Crippen molar-refractivity contribution in [3.63, 3.8) is 0 Å². The molecule has 3 aliphatic rings. The monoisotopic (exact) mass is 277 g/mol. The molecule has 3 rings (SSSR count). The Labute approximate surface area is 117 Å². The van der Waals surface area contributed by atoms with Crippen molar-refractivity contribution in [2.45, 2.75) is 38.5 Å². The number of hydrogen-bond acceptors (Lipinski definition) is 4. The molecule has 0 unspecified atom stereocenters. The second-order valence-electron chi connectivity index (χ2n) is 5.97. The molecule has 20 heavy (non-hydrogen) atoms. The minimum Gasteiger partial charge on any atom is -0.481 e. The Hall–Kier alpha value is -1.65. The van der Waals surface area contributed by atoms with Gasteiger partial charge in [0.05, 0.1) is 17.5 Å². The molecule has 0 aliphatic heterocycles. The third-order valence-electron chi connectivity index (χ3n) is 4.71. The lowest BCUT2D eigenvalue weighted by Gasteiger charge is -2.21. The van der Waals surface area contributed by atoms with Crippen molar-refractivity contribution < 1.29 is 19.5 Å². The number of fused-ring (bicyclic) bond motifs is 2. The molecule has 108 valence electrons. The van der Waals surface area contributed by atoms with Crippen LogP contribution in [0.5, 0.6) is 0 Å². The van der Waals surface area contributed by atoms with Crippen LogP contribution in [0.4, 0.5) is 0 Å². The van der Waals surface area contributed by atoms with Crippen LogP contribution in [-0.4, -0.2) is 22.8 Å². The van der Waals surface area contributed by atoms with E-state index in [1.54, 1.807) is 0 Å². The minimum absolute atomic E-state index is 0.000144. The first-order valence-corrected chi connectivity index (χ1v) is 7.34. The Morgan fingerprint density at radius 1 is 1.10 bits per heavy atom. The standard InChI is InChI=1S/C15H19NO4/c17-14(18)12-9-6-7-10(8-9)13(12)15(19)20-16-11-4-2-1-3-5-11/h6-7,9-10,12-13H,1-5,8H2,(H,17,18)/t9-,10+,12-,13+/m0/s1. The van der Waals surface area contributed by atoms with Gasteiger partial charge >= 0.3 is 11.9 Å². The highest BCUT2D eigenvalue weighted by Crippen LogP contribution is 2.48. The highest BCUT2D eigenvalue weighted by Gasteiger charge is 2.52. The van der Waals surface area contributed by atoms with Crippen molar-refractivity contribution in [1.29, 1.82) is 0 Å². The average molecular weight is 277 g/mol. The van der Waals surface area contributed by atoms with Crippen molar-refractivity contribution in [3.05, 3.63) is 12.2 Å². The molecular formula is C15H19NO4. The van der Waals surface area contributed by atoms with Gasteiger partial charge in [0.2, 0.25) is 0 Å². The second-order valence-corrected chi connectivity index (χ2v) is 5.97. The lowest BCUT2D eigenvalue weighted by atomic mass is 9.83. The zero-order valence-corrected chi connectivity index (χ0v) is 11.3. The van der Waals surface area contributed by atoms with Gasteiger partial charge in [-0.3, -0.25) is 4.79 Å². The molecule has 3 aliphatic carbocycles. The summed E-state index contributed by atoms with van der Waals surface area (Å²) >= 11 is 0. The first kappa shape index (κ1) is 13.3.